The van der Waals surface area contributed by atoms with Gasteiger partial charge in [-0.15, -0.1) is 0 Å². The van der Waals surface area contributed by atoms with Crippen LogP contribution in [0.1, 0.15) is 0 Å². The first-order chi connectivity index (χ1) is 8.69. The summed E-state index contributed by atoms with van der Waals surface area (Å²) in [5, 5.41) is 21.5. The van der Waals surface area contributed by atoms with E-state index in [1.165, 1.54) is 26.4 Å². The number of ether oxygens (including phenoxy) is 2. The fourth-order valence-corrected chi connectivity index (χ4v) is 1.24. The minimum Gasteiger partial charge on any atom is -0.870 e. The van der Waals surface area contributed by atoms with Gasteiger partial charge in [0.15, 0.2) is 0 Å². The topological polar surface area (TPSA) is 64.6 Å². The molecule has 2 aromatic rings. The van der Waals surface area contributed by atoms with E-state index >= 15 is 0 Å². The number of benzene rings is 2. The van der Waals surface area contributed by atoms with Crippen LogP contribution in [0.5, 0.6) is 23.0 Å². The van der Waals surface area contributed by atoms with Crippen molar-refractivity contribution in [1.82, 2.24) is 0 Å². The molecule has 0 radical (unpaired) electrons. The third-order valence-corrected chi connectivity index (χ3v) is 2.14. The van der Waals surface area contributed by atoms with Crippen LogP contribution in [0.4, 0.5) is 0 Å². The van der Waals surface area contributed by atoms with E-state index in [0.717, 1.165) is 0 Å². The number of hydrogen-bond acceptors (Lipinski definition) is 4. The third kappa shape index (κ3) is 8.38. The van der Waals surface area contributed by atoms with E-state index in [1.54, 1.807) is 36.4 Å². The van der Waals surface area contributed by atoms with E-state index in [4.69, 9.17) is 9.47 Å². The second kappa shape index (κ2) is 13.6. The summed E-state index contributed by atoms with van der Waals surface area (Å²) in [4.78, 5) is 0. The Morgan fingerprint density at radius 3 is 1.15 bits per heavy atom. The minimum absolute atomic E-state index is 0. The molecule has 0 saturated carbocycles. The van der Waals surface area contributed by atoms with Crippen LogP contribution in [0.15, 0.2) is 48.5 Å². The van der Waals surface area contributed by atoms with Crippen molar-refractivity contribution in [3.05, 3.63) is 48.5 Å². The number of hydrogen-bond donors (Lipinski definition) is 0. The van der Waals surface area contributed by atoms with Gasteiger partial charge in [-0.3, -0.25) is 0 Å². The fourth-order valence-electron chi connectivity index (χ4n) is 1.24. The normalized spacial score (nSPS) is 8.10. The molecular formula is C14H14K2O4. The van der Waals surface area contributed by atoms with Gasteiger partial charge in [0.2, 0.25) is 0 Å². The molecule has 0 unspecified atom stereocenters. The average Bonchev–Trinajstić information content (AvgIpc) is 2.41. The van der Waals surface area contributed by atoms with Crippen LogP contribution in [-0.4, -0.2) is 14.2 Å². The summed E-state index contributed by atoms with van der Waals surface area (Å²) < 4.78 is 9.46. The van der Waals surface area contributed by atoms with Gasteiger partial charge in [-0.2, -0.15) is 0 Å². The molecule has 0 N–H and O–H groups in total. The van der Waals surface area contributed by atoms with Gasteiger partial charge in [-0.05, 0) is 12.1 Å². The molecule has 4 nitrogen and oxygen atoms in total. The molecule has 0 fully saturated rings. The maximum atomic E-state index is 10.7. The predicted octanol–water partition coefficient (Wildman–Crippen LogP) is -4.45. The molecule has 2 rings (SSSR count). The largest absolute Gasteiger partial charge is 1.00 e. The Morgan fingerprint density at radius 1 is 0.650 bits per heavy atom. The summed E-state index contributed by atoms with van der Waals surface area (Å²) in [6, 6.07) is 13.1. The average molecular weight is 324 g/mol. The van der Waals surface area contributed by atoms with Crippen LogP contribution < -0.4 is 122 Å². The van der Waals surface area contributed by atoms with E-state index in [0.29, 0.717) is 11.5 Å². The fraction of sp³-hybridized carbons (Fsp3) is 0.143. The predicted molar refractivity (Wildman–Crippen MR) is 64.9 cm³/mol. The number of para-hydroxylation sites is 4. The Balaban J connectivity index is 0. The van der Waals surface area contributed by atoms with Gasteiger partial charge in [0.1, 0.15) is 11.5 Å². The van der Waals surface area contributed by atoms with Crippen LogP contribution in [0.3, 0.4) is 0 Å². The molecule has 2 aromatic carbocycles. The van der Waals surface area contributed by atoms with Crippen LogP contribution in [0, 0.1) is 0 Å². The Kier molecular flexibility index (Phi) is 15.7. The van der Waals surface area contributed by atoms with Crippen molar-refractivity contribution in [2.24, 2.45) is 0 Å². The van der Waals surface area contributed by atoms with Crippen LogP contribution in [0.25, 0.3) is 0 Å². The van der Waals surface area contributed by atoms with Crippen molar-refractivity contribution in [3.63, 3.8) is 0 Å². The third-order valence-electron chi connectivity index (χ3n) is 2.14. The minimum atomic E-state index is -0.0694. The molecule has 0 amide bonds. The summed E-state index contributed by atoms with van der Waals surface area (Å²) in [5.41, 5.74) is 0. The Hall–Kier alpha value is 0.913. The smallest absolute Gasteiger partial charge is 0.870 e. The molecule has 0 aliphatic rings. The SMILES string of the molecule is COc1ccccc1[O-].COc1ccccc1[O-].[K+].[K+]. The first kappa shape index (κ1) is 23.2. The van der Waals surface area contributed by atoms with Crippen LogP contribution >= 0.6 is 0 Å². The molecule has 96 valence electrons. The molecule has 0 aliphatic heterocycles. The molecule has 0 aliphatic carbocycles. The Labute approximate surface area is 204 Å². The van der Waals surface area contributed by atoms with Gasteiger partial charge < -0.3 is 19.7 Å². The summed E-state index contributed by atoms with van der Waals surface area (Å²) in [6.07, 6.45) is 0. The maximum absolute atomic E-state index is 10.7. The van der Waals surface area contributed by atoms with E-state index in [1.807, 2.05) is 0 Å². The second-order valence-corrected chi connectivity index (χ2v) is 3.30. The maximum Gasteiger partial charge on any atom is 1.00 e. The van der Waals surface area contributed by atoms with E-state index in [9.17, 15) is 10.2 Å². The van der Waals surface area contributed by atoms with E-state index in [-0.39, 0.29) is 114 Å². The van der Waals surface area contributed by atoms with Gasteiger partial charge in [0, 0.05) is 0 Å². The quantitative estimate of drug-likeness (QED) is 0.523. The molecule has 0 bridgehead atoms. The monoisotopic (exact) mass is 324 g/mol. The van der Waals surface area contributed by atoms with Gasteiger partial charge in [-0.1, -0.05) is 47.9 Å². The molecular weight excluding hydrogens is 310 g/mol. The van der Waals surface area contributed by atoms with Crippen molar-refractivity contribution in [2.75, 3.05) is 14.2 Å². The molecule has 0 aromatic heterocycles. The second-order valence-electron chi connectivity index (χ2n) is 3.30. The van der Waals surface area contributed by atoms with Gasteiger partial charge >= 0.3 is 103 Å². The first-order valence-electron chi connectivity index (χ1n) is 5.29. The zero-order chi connectivity index (χ0) is 13.4. The van der Waals surface area contributed by atoms with Gasteiger partial charge in [0.05, 0.1) is 14.2 Å². The zero-order valence-electron chi connectivity index (χ0n) is 12.3. The van der Waals surface area contributed by atoms with Crippen LogP contribution in [0.2, 0.25) is 0 Å². The first-order valence-corrected chi connectivity index (χ1v) is 5.29. The molecule has 20 heavy (non-hydrogen) atoms. The van der Waals surface area contributed by atoms with E-state index in [2.05, 4.69) is 0 Å². The van der Waals surface area contributed by atoms with E-state index < -0.39 is 0 Å². The molecule has 0 saturated heterocycles. The van der Waals surface area contributed by atoms with Crippen molar-refractivity contribution in [1.29, 1.82) is 0 Å². The van der Waals surface area contributed by atoms with Crippen LogP contribution in [-0.2, 0) is 0 Å². The molecule has 0 spiro atoms. The summed E-state index contributed by atoms with van der Waals surface area (Å²) >= 11 is 0. The van der Waals surface area contributed by atoms with Crippen molar-refractivity contribution in [2.45, 2.75) is 0 Å². The summed E-state index contributed by atoms with van der Waals surface area (Å²) in [7, 11) is 2.97. The summed E-state index contributed by atoms with van der Waals surface area (Å²) in [5.74, 6) is 0.662. The Morgan fingerprint density at radius 2 is 0.950 bits per heavy atom. The van der Waals surface area contributed by atoms with Crippen molar-refractivity contribution >= 4 is 0 Å². The molecule has 0 heterocycles. The Bertz CT molecular complexity index is 447. The molecule has 6 heteroatoms. The zero-order valence-corrected chi connectivity index (χ0v) is 18.5. The standard InChI is InChI=1S/2C7H8O2.2K/c2*1-9-7-5-3-2-4-6(7)8;;/h2*2-5,8H,1H3;;/q;;2*+1/p-2. The number of rotatable bonds is 2. The summed E-state index contributed by atoms with van der Waals surface area (Å²) in [6.45, 7) is 0. The van der Waals surface area contributed by atoms with Crippen molar-refractivity contribution in [3.8, 4) is 23.0 Å². The van der Waals surface area contributed by atoms with Crippen molar-refractivity contribution < 1.29 is 122 Å². The van der Waals surface area contributed by atoms with Gasteiger partial charge in [0.25, 0.3) is 0 Å². The molecule has 0 atom stereocenters. The van der Waals surface area contributed by atoms with Gasteiger partial charge in [-0.25, -0.2) is 0 Å². The number of methoxy groups -OCH3 is 2.